The zero-order valence-corrected chi connectivity index (χ0v) is 19.1. The smallest absolute Gasteiger partial charge is 0.387 e. The van der Waals surface area contributed by atoms with Crippen molar-refractivity contribution in [2.45, 2.75) is 19.2 Å². The molecule has 11 heteroatoms. The third-order valence-corrected chi connectivity index (χ3v) is 4.93. The van der Waals surface area contributed by atoms with Gasteiger partial charge in [-0.3, -0.25) is 9.89 Å². The van der Waals surface area contributed by atoms with Crippen LogP contribution in [0.15, 0.2) is 17.1 Å². The number of hydrogen-bond acceptors (Lipinski definition) is 6. The molecule has 0 spiro atoms. The molecule has 29 heavy (non-hydrogen) atoms. The Balaban J connectivity index is 0.00000300. The minimum Gasteiger partial charge on any atom is -0.454 e. The SMILES string of the molecule is CN=C(NCc1cc2c(cc1OC(F)F)OCO2)NCC1CN(C)CCN1C.I. The zero-order valence-electron chi connectivity index (χ0n) is 16.8. The average Bonchev–Trinajstić information content (AvgIpc) is 3.11. The Kier molecular flexibility index (Phi) is 8.96. The van der Waals surface area contributed by atoms with Crippen molar-refractivity contribution in [3.05, 3.63) is 17.7 Å². The number of nitrogens with one attached hydrogen (secondary N) is 2. The summed E-state index contributed by atoms with van der Waals surface area (Å²) in [5.41, 5.74) is 0.530. The van der Waals surface area contributed by atoms with Crippen LogP contribution < -0.4 is 24.8 Å². The summed E-state index contributed by atoms with van der Waals surface area (Å²) in [6.07, 6.45) is 0. The number of piperazine rings is 1. The molecule has 0 aromatic heterocycles. The Labute approximate surface area is 186 Å². The van der Waals surface area contributed by atoms with Gasteiger partial charge in [0.15, 0.2) is 17.5 Å². The molecule has 2 heterocycles. The molecule has 1 unspecified atom stereocenters. The topological polar surface area (TPSA) is 70.6 Å². The van der Waals surface area contributed by atoms with Gasteiger partial charge < -0.3 is 29.7 Å². The van der Waals surface area contributed by atoms with Crippen LogP contribution in [0.4, 0.5) is 8.78 Å². The molecule has 1 saturated heterocycles. The fraction of sp³-hybridized carbons (Fsp3) is 0.611. The van der Waals surface area contributed by atoms with Gasteiger partial charge in [0.25, 0.3) is 0 Å². The van der Waals surface area contributed by atoms with Gasteiger partial charge in [0, 0.05) is 57.4 Å². The number of halogens is 3. The molecule has 0 radical (unpaired) electrons. The van der Waals surface area contributed by atoms with Gasteiger partial charge in [-0.2, -0.15) is 8.78 Å². The molecule has 1 fully saturated rings. The highest BCUT2D eigenvalue weighted by molar-refractivity contribution is 14.0. The monoisotopic (exact) mass is 527 g/mol. The largest absolute Gasteiger partial charge is 0.454 e. The first kappa shape index (κ1) is 23.7. The molecule has 8 nitrogen and oxygen atoms in total. The number of guanidine groups is 1. The van der Waals surface area contributed by atoms with E-state index in [0.717, 1.165) is 26.2 Å². The van der Waals surface area contributed by atoms with Crippen molar-refractivity contribution in [1.29, 1.82) is 0 Å². The highest BCUT2D eigenvalue weighted by Gasteiger charge is 2.23. The van der Waals surface area contributed by atoms with Crippen molar-refractivity contribution < 1.29 is 23.0 Å². The molecule has 164 valence electrons. The van der Waals surface area contributed by atoms with Crippen LogP contribution in [0.1, 0.15) is 5.56 Å². The van der Waals surface area contributed by atoms with Crippen LogP contribution in [-0.2, 0) is 6.54 Å². The van der Waals surface area contributed by atoms with Crippen molar-refractivity contribution in [2.24, 2.45) is 4.99 Å². The third kappa shape index (κ3) is 6.44. The number of benzene rings is 1. The molecule has 2 aliphatic heterocycles. The lowest BCUT2D eigenvalue weighted by atomic mass is 10.1. The van der Waals surface area contributed by atoms with Crippen LogP contribution in [0, 0.1) is 0 Å². The van der Waals surface area contributed by atoms with Crippen molar-refractivity contribution in [1.82, 2.24) is 20.4 Å². The molecule has 1 atom stereocenters. The van der Waals surface area contributed by atoms with Gasteiger partial charge in [-0.25, -0.2) is 0 Å². The molecule has 2 N–H and O–H groups in total. The van der Waals surface area contributed by atoms with E-state index in [1.165, 1.54) is 6.07 Å². The first-order valence-corrected chi connectivity index (χ1v) is 9.17. The average molecular weight is 527 g/mol. The van der Waals surface area contributed by atoms with E-state index in [9.17, 15) is 8.78 Å². The molecule has 3 rings (SSSR count). The maximum Gasteiger partial charge on any atom is 0.387 e. The number of hydrogen-bond donors (Lipinski definition) is 2. The normalized spacial score (nSPS) is 19.8. The van der Waals surface area contributed by atoms with E-state index in [1.807, 2.05) is 0 Å². The summed E-state index contributed by atoms with van der Waals surface area (Å²) in [5, 5.41) is 6.44. The third-order valence-electron chi connectivity index (χ3n) is 4.93. The summed E-state index contributed by atoms with van der Waals surface area (Å²) in [5.74, 6) is 1.54. The van der Waals surface area contributed by atoms with Crippen LogP contribution in [0.5, 0.6) is 17.2 Å². The van der Waals surface area contributed by atoms with E-state index in [0.29, 0.717) is 29.1 Å². The Morgan fingerprint density at radius 1 is 1.24 bits per heavy atom. The van der Waals surface area contributed by atoms with Crippen LogP contribution in [-0.4, -0.2) is 82.5 Å². The van der Waals surface area contributed by atoms with E-state index in [2.05, 4.69) is 44.3 Å². The molecular weight excluding hydrogens is 499 g/mol. The number of aliphatic imine (C=N–C) groups is 1. The number of fused-ring (bicyclic) bond motifs is 1. The summed E-state index contributed by atoms with van der Waals surface area (Å²) in [6, 6.07) is 3.43. The maximum atomic E-state index is 12.8. The number of ether oxygens (including phenoxy) is 3. The first-order chi connectivity index (χ1) is 13.5. The predicted octanol–water partition coefficient (Wildman–Crippen LogP) is 1.55. The van der Waals surface area contributed by atoms with E-state index in [4.69, 9.17) is 9.47 Å². The van der Waals surface area contributed by atoms with Crippen LogP contribution in [0.25, 0.3) is 0 Å². The predicted molar refractivity (Wildman–Crippen MR) is 117 cm³/mol. The van der Waals surface area contributed by atoms with Gasteiger partial charge in [-0.05, 0) is 20.2 Å². The van der Waals surface area contributed by atoms with Crippen LogP contribution >= 0.6 is 24.0 Å². The maximum absolute atomic E-state index is 12.8. The standard InChI is InChI=1S/C18H27F2N5O3.HI/c1-21-18(23-9-13-10-24(2)4-5-25(13)3)22-8-12-6-15-16(27-11-26-15)7-14(12)28-17(19)20;/h6-7,13,17H,4-5,8-11H2,1-3H3,(H2,21,22,23);1H. The molecule has 0 bridgehead atoms. The lowest BCUT2D eigenvalue weighted by Crippen LogP contribution is -2.55. The lowest BCUT2D eigenvalue weighted by Gasteiger charge is -2.37. The van der Waals surface area contributed by atoms with Gasteiger partial charge in [0.2, 0.25) is 6.79 Å². The molecule has 1 aromatic rings. The van der Waals surface area contributed by atoms with Crippen LogP contribution in [0.2, 0.25) is 0 Å². The second-order valence-electron chi connectivity index (χ2n) is 6.90. The van der Waals surface area contributed by atoms with E-state index in [-0.39, 0.29) is 43.1 Å². The first-order valence-electron chi connectivity index (χ1n) is 9.17. The van der Waals surface area contributed by atoms with Gasteiger partial charge in [0.05, 0.1) is 0 Å². The van der Waals surface area contributed by atoms with Crippen molar-refractivity contribution in [3.8, 4) is 17.2 Å². The van der Waals surface area contributed by atoms with Crippen LogP contribution in [0.3, 0.4) is 0 Å². The number of nitrogens with zero attached hydrogens (tertiary/aromatic N) is 3. The quantitative estimate of drug-likeness (QED) is 0.331. The fourth-order valence-electron chi connectivity index (χ4n) is 3.25. The fourth-order valence-corrected chi connectivity index (χ4v) is 3.25. The number of rotatable bonds is 6. The minimum absolute atomic E-state index is 0. The van der Waals surface area contributed by atoms with Crippen molar-refractivity contribution in [3.63, 3.8) is 0 Å². The van der Waals surface area contributed by atoms with E-state index >= 15 is 0 Å². The molecule has 0 saturated carbocycles. The van der Waals surface area contributed by atoms with Gasteiger partial charge in [0.1, 0.15) is 5.75 Å². The summed E-state index contributed by atoms with van der Waals surface area (Å²) in [7, 11) is 5.88. The zero-order chi connectivity index (χ0) is 20.1. The van der Waals surface area contributed by atoms with Gasteiger partial charge in [-0.15, -0.1) is 24.0 Å². The van der Waals surface area contributed by atoms with Crippen molar-refractivity contribution >= 4 is 29.9 Å². The Hall–Kier alpha value is -1.60. The van der Waals surface area contributed by atoms with Gasteiger partial charge in [-0.1, -0.05) is 0 Å². The summed E-state index contributed by atoms with van der Waals surface area (Å²) in [6.45, 7) is 1.15. The summed E-state index contributed by atoms with van der Waals surface area (Å²) >= 11 is 0. The molecule has 2 aliphatic rings. The minimum atomic E-state index is -2.92. The Morgan fingerprint density at radius 2 is 1.97 bits per heavy atom. The number of likely N-dealkylation sites (N-methyl/N-ethyl adjacent to an activating group) is 2. The second-order valence-corrected chi connectivity index (χ2v) is 6.90. The molecule has 0 aliphatic carbocycles. The Bertz CT molecular complexity index is 710. The highest BCUT2D eigenvalue weighted by atomic mass is 127. The highest BCUT2D eigenvalue weighted by Crippen LogP contribution is 2.38. The van der Waals surface area contributed by atoms with E-state index in [1.54, 1.807) is 13.1 Å². The Morgan fingerprint density at radius 3 is 2.66 bits per heavy atom. The molecule has 1 aromatic carbocycles. The number of alkyl halides is 2. The lowest BCUT2D eigenvalue weighted by molar-refractivity contribution is -0.0505. The summed E-state index contributed by atoms with van der Waals surface area (Å²) in [4.78, 5) is 8.82. The van der Waals surface area contributed by atoms with E-state index < -0.39 is 6.61 Å². The van der Waals surface area contributed by atoms with Crippen molar-refractivity contribution in [2.75, 3.05) is 54.1 Å². The molecular formula is C18H28F2IN5O3. The molecule has 0 amide bonds. The second kappa shape index (κ2) is 11.0. The van der Waals surface area contributed by atoms with Gasteiger partial charge >= 0.3 is 6.61 Å². The summed E-state index contributed by atoms with van der Waals surface area (Å²) < 4.78 is 40.7.